The third kappa shape index (κ3) is 5.07. The van der Waals surface area contributed by atoms with Crippen LogP contribution >= 0.6 is 0 Å². The van der Waals surface area contributed by atoms with Gasteiger partial charge in [0.25, 0.3) is 0 Å². The average molecular weight is 276 g/mol. The molecule has 0 unspecified atom stereocenters. The first-order chi connectivity index (χ1) is 7.54. The van der Waals surface area contributed by atoms with E-state index in [0.29, 0.717) is 0 Å². The van der Waals surface area contributed by atoms with Crippen LogP contribution in [0.15, 0.2) is 0 Å². The third-order valence-electron chi connectivity index (χ3n) is 1.39. The van der Waals surface area contributed by atoms with Gasteiger partial charge in [-0.25, -0.2) is 0 Å². The van der Waals surface area contributed by atoms with Crippen LogP contribution in [0.25, 0.3) is 0 Å². The zero-order valence-electron chi connectivity index (χ0n) is 10.2. The first-order valence-electron chi connectivity index (χ1n) is 5.34. The van der Waals surface area contributed by atoms with Crippen molar-refractivity contribution in [3.05, 3.63) is 0 Å². The third-order valence-corrected chi connectivity index (χ3v) is 4.98. The van der Waals surface area contributed by atoms with Crippen molar-refractivity contribution in [3.8, 4) is 0 Å². The molecule has 7 nitrogen and oxygen atoms in total. The number of hydrogen-bond acceptors (Lipinski definition) is 7. The molecule has 8 heteroatoms. The van der Waals surface area contributed by atoms with Crippen LogP contribution in [0.4, 0.5) is 0 Å². The predicted octanol–water partition coefficient (Wildman–Crippen LogP) is 1.69. The van der Waals surface area contributed by atoms with Crippen LogP contribution in [0, 0.1) is 0 Å². The molecule has 0 atom stereocenters. The molecule has 0 aromatic rings. The van der Waals surface area contributed by atoms with Crippen LogP contribution in [0.3, 0.4) is 0 Å². The molecule has 0 saturated carbocycles. The SMILES string of the molecule is CCO[O][Ti](=[O])([O]CC)([O]CC)[O]OCC. The van der Waals surface area contributed by atoms with Crippen molar-refractivity contribution in [2.45, 2.75) is 27.7 Å². The zero-order valence-corrected chi connectivity index (χ0v) is 11.7. The van der Waals surface area contributed by atoms with Gasteiger partial charge in [-0.05, 0) is 0 Å². The van der Waals surface area contributed by atoms with E-state index in [1.165, 1.54) is 0 Å². The second kappa shape index (κ2) is 7.57. The Morgan fingerprint density at radius 1 is 0.750 bits per heavy atom. The number of hydrogen-bond donors (Lipinski definition) is 0. The predicted molar refractivity (Wildman–Crippen MR) is 49.4 cm³/mol. The van der Waals surface area contributed by atoms with E-state index >= 15 is 0 Å². The Labute approximate surface area is 97.9 Å². The molecule has 0 saturated heterocycles. The summed E-state index contributed by atoms with van der Waals surface area (Å²) in [7, 11) is 0. The van der Waals surface area contributed by atoms with Gasteiger partial charge in [0.1, 0.15) is 0 Å². The quantitative estimate of drug-likeness (QED) is 0.341. The topological polar surface area (TPSA) is 72.5 Å². The summed E-state index contributed by atoms with van der Waals surface area (Å²) < 4.78 is 31.8. The fraction of sp³-hybridized carbons (Fsp3) is 1.00. The van der Waals surface area contributed by atoms with Crippen molar-refractivity contribution >= 4 is 0 Å². The minimum absolute atomic E-state index is 0.0842. The van der Waals surface area contributed by atoms with Gasteiger partial charge in [0.2, 0.25) is 0 Å². The standard InChI is InChI=1S/2C2H6O2.2C2H5O.O.Ti/c2*1-2-4-3;2*1-2-3;;/h2*3H,2H2,1H3;2*2H2,1H3;;/q;;2*-1;;+4/p-2. The Bertz CT molecular complexity index is 219. The van der Waals surface area contributed by atoms with Crippen LogP contribution in [0.1, 0.15) is 27.7 Å². The van der Waals surface area contributed by atoms with E-state index in [4.69, 9.17) is 13.6 Å². The van der Waals surface area contributed by atoms with Gasteiger partial charge in [-0.2, -0.15) is 0 Å². The summed E-state index contributed by atoms with van der Waals surface area (Å²) in [6.45, 7) is 7.11. The molecule has 0 N–H and O–H groups in total. The van der Waals surface area contributed by atoms with Gasteiger partial charge in [-0.15, -0.1) is 0 Å². The molecule has 98 valence electrons. The van der Waals surface area contributed by atoms with E-state index in [2.05, 4.69) is 9.78 Å². The maximum atomic E-state index is 12.4. The monoisotopic (exact) mass is 276 g/mol. The Morgan fingerprint density at radius 2 is 1.12 bits per heavy atom. The maximum absolute atomic E-state index is 12.4. The summed E-state index contributed by atoms with van der Waals surface area (Å²) >= 11 is -5.75. The van der Waals surface area contributed by atoms with Gasteiger partial charge < -0.3 is 0 Å². The molecule has 0 fully saturated rings. The van der Waals surface area contributed by atoms with E-state index in [0.717, 1.165) is 0 Å². The van der Waals surface area contributed by atoms with Crippen LogP contribution in [0.2, 0.25) is 0 Å². The van der Waals surface area contributed by atoms with Gasteiger partial charge in [0.15, 0.2) is 0 Å². The van der Waals surface area contributed by atoms with Crippen molar-refractivity contribution in [2.24, 2.45) is 0 Å². The summed E-state index contributed by atoms with van der Waals surface area (Å²) in [5, 5.41) is 0. The van der Waals surface area contributed by atoms with Crippen molar-refractivity contribution in [1.29, 1.82) is 0 Å². The Morgan fingerprint density at radius 3 is 1.38 bits per heavy atom. The van der Waals surface area contributed by atoms with Gasteiger partial charge in [-0.3, -0.25) is 0 Å². The Hall–Kier alpha value is 0.274. The molecule has 0 heterocycles. The van der Waals surface area contributed by atoms with Crippen LogP contribution in [-0.4, -0.2) is 26.4 Å². The summed E-state index contributed by atoms with van der Waals surface area (Å²) in [5.74, 6) is 0. The molecular formula is C8H20O7Ti. The zero-order chi connectivity index (χ0) is 12.5. The summed E-state index contributed by atoms with van der Waals surface area (Å²) in [5.41, 5.74) is 0. The summed E-state index contributed by atoms with van der Waals surface area (Å²) in [4.78, 5) is 9.24. The molecule has 0 aliphatic carbocycles. The van der Waals surface area contributed by atoms with Crippen molar-refractivity contribution < 1.29 is 43.5 Å². The van der Waals surface area contributed by atoms with Crippen LogP contribution in [0.5, 0.6) is 0 Å². The van der Waals surface area contributed by atoms with Crippen molar-refractivity contribution in [3.63, 3.8) is 0 Å². The molecular weight excluding hydrogens is 256 g/mol. The van der Waals surface area contributed by atoms with Crippen molar-refractivity contribution in [2.75, 3.05) is 26.4 Å². The molecule has 0 radical (unpaired) electrons. The Kier molecular flexibility index (Phi) is 7.70. The van der Waals surface area contributed by atoms with Crippen LogP contribution < -0.4 is 0 Å². The molecule has 0 amide bonds. The van der Waals surface area contributed by atoms with Crippen LogP contribution in [-0.2, 0) is 43.5 Å². The number of rotatable bonds is 10. The van der Waals surface area contributed by atoms with E-state index in [1.807, 2.05) is 0 Å². The average Bonchev–Trinajstić information content (AvgIpc) is 2.25. The van der Waals surface area contributed by atoms with Gasteiger partial charge in [0, 0.05) is 0 Å². The van der Waals surface area contributed by atoms with Crippen molar-refractivity contribution in [1.82, 2.24) is 0 Å². The second-order valence-electron chi connectivity index (χ2n) is 2.68. The van der Waals surface area contributed by atoms with E-state index in [-0.39, 0.29) is 26.4 Å². The molecule has 0 spiro atoms. The second-order valence-corrected chi connectivity index (χ2v) is 6.70. The van der Waals surface area contributed by atoms with Gasteiger partial charge >= 0.3 is 97.6 Å². The molecule has 0 bridgehead atoms. The minimum atomic E-state index is -5.75. The molecule has 0 aliphatic heterocycles. The van der Waals surface area contributed by atoms with E-state index in [9.17, 15) is 3.32 Å². The normalized spacial score (nSPS) is 13.1. The molecule has 0 aromatic carbocycles. The van der Waals surface area contributed by atoms with E-state index in [1.54, 1.807) is 27.7 Å². The summed E-state index contributed by atoms with van der Waals surface area (Å²) in [6, 6.07) is 0. The van der Waals surface area contributed by atoms with Gasteiger partial charge in [-0.1, -0.05) is 0 Å². The first kappa shape index (κ1) is 16.3. The van der Waals surface area contributed by atoms with Gasteiger partial charge in [0.05, 0.1) is 0 Å². The Balaban J connectivity index is 4.80. The molecule has 16 heavy (non-hydrogen) atoms. The molecule has 0 aromatic heterocycles. The molecule has 0 rings (SSSR count). The fourth-order valence-corrected chi connectivity index (χ4v) is 3.85. The van der Waals surface area contributed by atoms with E-state index < -0.39 is 16.8 Å². The fourth-order valence-electron chi connectivity index (χ4n) is 0.933. The molecule has 0 aliphatic rings. The summed E-state index contributed by atoms with van der Waals surface area (Å²) in [6.07, 6.45) is 0. The first-order valence-corrected chi connectivity index (χ1v) is 8.52.